The van der Waals surface area contributed by atoms with Gasteiger partial charge in [0, 0.05) is 30.1 Å². The van der Waals surface area contributed by atoms with Crippen molar-refractivity contribution in [2.45, 2.75) is 49.2 Å². The van der Waals surface area contributed by atoms with Crippen molar-refractivity contribution in [2.24, 2.45) is 5.73 Å². The number of halogens is 1. The van der Waals surface area contributed by atoms with E-state index in [9.17, 15) is 8.42 Å². The van der Waals surface area contributed by atoms with Gasteiger partial charge in [-0.1, -0.05) is 6.42 Å². The average molecular weight is 394 g/mol. The van der Waals surface area contributed by atoms with E-state index in [0.29, 0.717) is 21.3 Å². The molecular weight excluding hydrogens is 374 g/mol. The number of nitrogens with one attached hydrogen (secondary N) is 1. The van der Waals surface area contributed by atoms with Gasteiger partial charge in [-0.15, -0.1) is 11.3 Å². The van der Waals surface area contributed by atoms with Crippen LogP contribution in [0.25, 0.3) is 0 Å². The minimum Gasteiger partial charge on any atom is -0.326 e. The molecule has 3 heterocycles. The number of nitrogens with two attached hydrogens (primary N) is 1. The van der Waals surface area contributed by atoms with Crippen LogP contribution in [-0.4, -0.2) is 38.5 Å². The number of rotatable bonds is 4. The number of thiophene rings is 1. The largest absolute Gasteiger partial charge is 0.326 e. The molecule has 2 saturated heterocycles. The van der Waals surface area contributed by atoms with E-state index < -0.39 is 10.0 Å². The second kappa shape index (κ2) is 6.25. The van der Waals surface area contributed by atoms with Crippen LogP contribution in [0, 0.1) is 0 Å². The molecule has 118 valence electrons. The van der Waals surface area contributed by atoms with Gasteiger partial charge >= 0.3 is 0 Å². The Morgan fingerprint density at radius 2 is 2.19 bits per heavy atom. The molecule has 1 aromatic rings. The fourth-order valence-electron chi connectivity index (χ4n) is 3.33. The first kappa shape index (κ1) is 15.9. The topological polar surface area (TPSA) is 75.4 Å². The molecule has 2 unspecified atom stereocenters. The zero-order chi connectivity index (χ0) is 15.0. The molecule has 2 atom stereocenters. The molecule has 0 radical (unpaired) electrons. The molecule has 0 amide bonds. The fourth-order valence-corrected chi connectivity index (χ4v) is 7.19. The van der Waals surface area contributed by atoms with E-state index in [-0.39, 0.29) is 6.04 Å². The number of piperidine rings is 1. The standard InChI is InChI=1S/C13H20BrN3O2S2/c14-13-12(7-9(8-15)20-13)21(18,19)16-10-4-6-17-5-2-1-3-11(10)17/h7,10-11,16H,1-6,8,15H2. The molecule has 21 heavy (non-hydrogen) atoms. The van der Waals surface area contributed by atoms with Gasteiger partial charge in [-0.2, -0.15) is 0 Å². The smallest absolute Gasteiger partial charge is 0.242 e. The van der Waals surface area contributed by atoms with Crippen molar-refractivity contribution in [1.29, 1.82) is 0 Å². The van der Waals surface area contributed by atoms with Crippen molar-refractivity contribution in [3.63, 3.8) is 0 Å². The van der Waals surface area contributed by atoms with Crippen LogP contribution in [0.15, 0.2) is 14.7 Å². The highest BCUT2D eigenvalue weighted by Crippen LogP contribution is 2.33. The molecule has 5 nitrogen and oxygen atoms in total. The molecule has 0 spiro atoms. The lowest BCUT2D eigenvalue weighted by Crippen LogP contribution is -2.46. The Kier molecular flexibility index (Phi) is 4.73. The summed E-state index contributed by atoms with van der Waals surface area (Å²) >= 11 is 4.73. The summed E-state index contributed by atoms with van der Waals surface area (Å²) in [6.07, 6.45) is 4.41. The Morgan fingerprint density at radius 3 is 2.90 bits per heavy atom. The average Bonchev–Trinajstić information content (AvgIpc) is 3.03. The Balaban J connectivity index is 1.78. The first-order chi connectivity index (χ1) is 10.0. The van der Waals surface area contributed by atoms with E-state index in [2.05, 4.69) is 25.6 Å². The molecule has 3 rings (SSSR count). The lowest BCUT2D eigenvalue weighted by molar-refractivity contribution is 0.186. The predicted octanol–water partition coefficient (Wildman–Crippen LogP) is 1.87. The van der Waals surface area contributed by atoms with E-state index in [0.717, 1.165) is 30.8 Å². The van der Waals surface area contributed by atoms with Crippen molar-refractivity contribution in [2.75, 3.05) is 13.1 Å². The number of nitrogens with zero attached hydrogens (tertiary/aromatic N) is 1. The SMILES string of the molecule is NCc1cc(S(=O)(=O)NC2CCN3CCCCC23)c(Br)s1. The molecule has 0 aromatic carbocycles. The van der Waals surface area contributed by atoms with Gasteiger partial charge in [-0.05, 0) is 47.8 Å². The zero-order valence-electron chi connectivity index (χ0n) is 11.7. The molecule has 2 fully saturated rings. The van der Waals surface area contributed by atoms with Crippen molar-refractivity contribution >= 4 is 37.3 Å². The van der Waals surface area contributed by atoms with Gasteiger partial charge in [0.25, 0.3) is 0 Å². The van der Waals surface area contributed by atoms with Gasteiger partial charge in [0.1, 0.15) is 4.90 Å². The maximum absolute atomic E-state index is 12.6. The zero-order valence-corrected chi connectivity index (χ0v) is 14.9. The van der Waals surface area contributed by atoms with Crippen LogP contribution in [0.1, 0.15) is 30.6 Å². The molecule has 3 N–H and O–H groups in total. The van der Waals surface area contributed by atoms with E-state index in [1.54, 1.807) is 6.07 Å². The summed E-state index contributed by atoms with van der Waals surface area (Å²) in [5.74, 6) is 0. The number of fused-ring (bicyclic) bond motifs is 1. The fraction of sp³-hybridized carbons (Fsp3) is 0.692. The van der Waals surface area contributed by atoms with E-state index in [4.69, 9.17) is 5.73 Å². The van der Waals surface area contributed by atoms with Crippen LogP contribution < -0.4 is 10.5 Å². The minimum atomic E-state index is -3.48. The van der Waals surface area contributed by atoms with Gasteiger partial charge in [-0.3, -0.25) is 4.90 Å². The van der Waals surface area contributed by atoms with Gasteiger partial charge in [0.15, 0.2) is 0 Å². The molecular formula is C13H20BrN3O2S2. The number of hydrogen-bond acceptors (Lipinski definition) is 5. The molecule has 1 aromatic heterocycles. The van der Waals surface area contributed by atoms with Crippen LogP contribution in [0.2, 0.25) is 0 Å². The highest BCUT2D eigenvalue weighted by molar-refractivity contribution is 9.11. The second-order valence-electron chi connectivity index (χ2n) is 5.67. The van der Waals surface area contributed by atoms with Crippen molar-refractivity contribution in [1.82, 2.24) is 9.62 Å². The molecule has 8 heteroatoms. The maximum atomic E-state index is 12.6. The predicted molar refractivity (Wildman–Crippen MR) is 87.8 cm³/mol. The van der Waals surface area contributed by atoms with Crippen LogP contribution in [-0.2, 0) is 16.6 Å². The third kappa shape index (κ3) is 3.20. The maximum Gasteiger partial charge on any atom is 0.242 e. The summed E-state index contributed by atoms with van der Waals surface area (Å²) in [4.78, 5) is 3.61. The van der Waals surface area contributed by atoms with E-state index >= 15 is 0 Å². The van der Waals surface area contributed by atoms with Gasteiger partial charge in [0.2, 0.25) is 10.0 Å². The van der Waals surface area contributed by atoms with Crippen molar-refractivity contribution in [3.05, 3.63) is 14.7 Å². The van der Waals surface area contributed by atoms with Crippen molar-refractivity contribution in [3.8, 4) is 0 Å². The highest BCUT2D eigenvalue weighted by Gasteiger charge is 2.38. The summed E-state index contributed by atoms with van der Waals surface area (Å²) in [6.45, 7) is 2.46. The van der Waals surface area contributed by atoms with Crippen LogP contribution in [0.4, 0.5) is 0 Å². The van der Waals surface area contributed by atoms with Gasteiger partial charge in [0.05, 0.1) is 3.79 Å². The van der Waals surface area contributed by atoms with Gasteiger partial charge < -0.3 is 5.73 Å². The molecule has 2 aliphatic heterocycles. The van der Waals surface area contributed by atoms with Crippen LogP contribution in [0.3, 0.4) is 0 Å². The van der Waals surface area contributed by atoms with Crippen LogP contribution >= 0.6 is 27.3 Å². The number of sulfonamides is 1. The quantitative estimate of drug-likeness (QED) is 0.818. The molecule has 2 aliphatic rings. The van der Waals surface area contributed by atoms with Crippen molar-refractivity contribution < 1.29 is 8.42 Å². The lowest BCUT2D eigenvalue weighted by Gasteiger charge is -2.32. The summed E-state index contributed by atoms with van der Waals surface area (Å²) in [6, 6.07) is 2.06. The Morgan fingerprint density at radius 1 is 1.38 bits per heavy atom. The number of hydrogen-bond donors (Lipinski definition) is 2. The summed E-state index contributed by atoms with van der Waals surface area (Å²) in [5, 5.41) is 0. The Hall–Kier alpha value is 0.01000. The van der Waals surface area contributed by atoms with Gasteiger partial charge in [-0.25, -0.2) is 13.1 Å². The second-order valence-corrected chi connectivity index (χ2v) is 9.81. The Bertz CT molecular complexity index is 617. The minimum absolute atomic E-state index is 0.0310. The summed E-state index contributed by atoms with van der Waals surface area (Å²) < 4.78 is 28.8. The summed E-state index contributed by atoms with van der Waals surface area (Å²) in [5.41, 5.74) is 5.59. The summed E-state index contributed by atoms with van der Waals surface area (Å²) in [7, 11) is -3.48. The van der Waals surface area contributed by atoms with E-state index in [1.807, 2.05) is 0 Å². The first-order valence-corrected chi connectivity index (χ1v) is 10.3. The Labute approximate surface area is 138 Å². The highest BCUT2D eigenvalue weighted by atomic mass is 79.9. The normalized spacial score (nSPS) is 27.0. The first-order valence-electron chi connectivity index (χ1n) is 7.26. The van der Waals surface area contributed by atoms with Crippen LogP contribution in [0.5, 0.6) is 0 Å². The molecule has 0 bridgehead atoms. The third-order valence-corrected chi connectivity index (χ3v) is 8.12. The monoisotopic (exact) mass is 393 g/mol. The lowest BCUT2D eigenvalue weighted by atomic mass is 10.00. The third-order valence-electron chi connectivity index (χ3n) is 4.36. The molecule has 0 aliphatic carbocycles. The molecule has 0 saturated carbocycles. The van der Waals surface area contributed by atoms with E-state index in [1.165, 1.54) is 24.2 Å².